The van der Waals surface area contributed by atoms with Crippen LogP contribution in [0.4, 0.5) is 0 Å². The maximum absolute atomic E-state index is 11.6. The van der Waals surface area contributed by atoms with Crippen molar-refractivity contribution in [3.63, 3.8) is 0 Å². The zero-order valence-corrected chi connectivity index (χ0v) is 9.54. The van der Waals surface area contributed by atoms with Gasteiger partial charge in [0.25, 0.3) is 0 Å². The number of rotatable bonds is 4. The second-order valence-corrected chi connectivity index (χ2v) is 4.19. The van der Waals surface area contributed by atoms with Crippen LogP contribution in [-0.2, 0) is 23.1 Å². The van der Waals surface area contributed by atoms with Crippen LogP contribution in [0.1, 0.15) is 12.2 Å². The lowest BCUT2D eigenvalue weighted by atomic mass is 10.1. The van der Waals surface area contributed by atoms with Crippen LogP contribution in [0.2, 0.25) is 0 Å². The summed E-state index contributed by atoms with van der Waals surface area (Å²) in [6, 6.07) is 0. The zero-order valence-electron chi connectivity index (χ0n) is 9.54. The number of aliphatic carboxylic acids is 1. The summed E-state index contributed by atoms with van der Waals surface area (Å²) in [4.78, 5) is 23.9. The first kappa shape index (κ1) is 11.6. The van der Waals surface area contributed by atoms with Crippen molar-refractivity contribution in [2.75, 3.05) is 13.1 Å². The molecule has 1 amide bonds. The highest BCUT2D eigenvalue weighted by Crippen LogP contribution is 2.17. The molecule has 92 valence electrons. The fourth-order valence-electron chi connectivity index (χ4n) is 1.92. The molecule has 0 bridgehead atoms. The van der Waals surface area contributed by atoms with Gasteiger partial charge in [-0.25, -0.2) is 0 Å². The van der Waals surface area contributed by atoms with Crippen LogP contribution >= 0.6 is 0 Å². The number of carboxylic acid groups (broad SMARTS) is 1. The molecule has 0 aliphatic carbocycles. The molecule has 0 radical (unpaired) electrons. The Morgan fingerprint density at radius 1 is 1.65 bits per heavy atom. The summed E-state index contributed by atoms with van der Waals surface area (Å²) < 4.78 is 1.79. The molecule has 2 rings (SSSR count). The van der Waals surface area contributed by atoms with Gasteiger partial charge in [0.1, 0.15) is 12.2 Å². The Kier molecular flexibility index (Phi) is 3.08. The summed E-state index contributed by atoms with van der Waals surface area (Å²) in [7, 11) is 1.83. The Balaban J connectivity index is 1.90. The summed E-state index contributed by atoms with van der Waals surface area (Å²) >= 11 is 0. The summed E-state index contributed by atoms with van der Waals surface area (Å²) in [6.45, 7) is 0.793. The van der Waals surface area contributed by atoms with Gasteiger partial charge in [0.05, 0.1) is 5.92 Å². The van der Waals surface area contributed by atoms with E-state index < -0.39 is 11.9 Å². The molecule has 1 N–H and O–H groups in total. The maximum atomic E-state index is 11.6. The number of carbonyl (C=O) groups excluding carboxylic acids is 1. The second-order valence-electron chi connectivity index (χ2n) is 4.19. The normalized spacial score (nSPS) is 19.9. The number of hydrogen-bond donors (Lipinski definition) is 1. The summed E-state index contributed by atoms with van der Waals surface area (Å²) in [5.41, 5.74) is 0. The number of carboxylic acids is 1. The smallest absolute Gasteiger partial charge is 0.308 e. The number of aromatic nitrogens is 3. The molecule has 1 atom stereocenters. The average molecular weight is 238 g/mol. The number of carbonyl (C=O) groups is 2. The van der Waals surface area contributed by atoms with Crippen LogP contribution in [-0.4, -0.2) is 49.7 Å². The Morgan fingerprint density at radius 2 is 2.41 bits per heavy atom. The molecule has 1 aromatic heterocycles. The molecule has 7 nitrogen and oxygen atoms in total. The molecule has 2 heterocycles. The van der Waals surface area contributed by atoms with Gasteiger partial charge >= 0.3 is 5.97 Å². The highest BCUT2D eigenvalue weighted by Gasteiger charge is 2.33. The van der Waals surface area contributed by atoms with Crippen LogP contribution in [0, 0.1) is 5.92 Å². The first-order chi connectivity index (χ1) is 8.08. The van der Waals surface area contributed by atoms with Gasteiger partial charge in [0.2, 0.25) is 5.91 Å². The Hall–Kier alpha value is -1.92. The van der Waals surface area contributed by atoms with E-state index in [2.05, 4.69) is 10.2 Å². The second kappa shape index (κ2) is 4.52. The van der Waals surface area contributed by atoms with E-state index in [1.54, 1.807) is 15.8 Å². The van der Waals surface area contributed by atoms with E-state index in [4.69, 9.17) is 5.11 Å². The van der Waals surface area contributed by atoms with Gasteiger partial charge in [-0.2, -0.15) is 0 Å². The minimum atomic E-state index is -0.903. The summed E-state index contributed by atoms with van der Waals surface area (Å²) in [6.07, 6.45) is 2.30. The van der Waals surface area contributed by atoms with E-state index >= 15 is 0 Å². The van der Waals surface area contributed by atoms with Gasteiger partial charge < -0.3 is 14.6 Å². The molecule has 1 unspecified atom stereocenters. The highest BCUT2D eigenvalue weighted by atomic mass is 16.4. The van der Waals surface area contributed by atoms with E-state index in [9.17, 15) is 9.59 Å². The molecule has 17 heavy (non-hydrogen) atoms. The van der Waals surface area contributed by atoms with Gasteiger partial charge in [-0.05, 0) is 0 Å². The first-order valence-corrected chi connectivity index (χ1v) is 5.41. The Bertz CT molecular complexity index is 443. The van der Waals surface area contributed by atoms with Crippen molar-refractivity contribution in [3.05, 3.63) is 12.2 Å². The fraction of sp³-hybridized carbons (Fsp3) is 0.600. The molecule has 7 heteroatoms. The monoisotopic (exact) mass is 238 g/mol. The number of aryl methyl sites for hydroxylation is 1. The molecule has 0 spiro atoms. The fourth-order valence-corrected chi connectivity index (χ4v) is 1.92. The van der Waals surface area contributed by atoms with Crippen molar-refractivity contribution in [1.82, 2.24) is 19.7 Å². The molecule has 1 aliphatic rings. The maximum Gasteiger partial charge on any atom is 0.308 e. The zero-order chi connectivity index (χ0) is 12.4. The van der Waals surface area contributed by atoms with Crippen LogP contribution < -0.4 is 0 Å². The van der Waals surface area contributed by atoms with Gasteiger partial charge in [-0.15, -0.1) is 10.2 Å². The van der Waals surface area contributed by atoms with Crippen molar-refractivity contribution < 1.29 is 14.7 Å². The predicted octanol–water partition coefficient (Wildman–Crippen LogP) is -0.709. The number of hydrogen-bond acceptors (Lipinski definition) is 4. The lowest BCUT2D eigenvalue weighted by Crippen LogP contribution is -2.29. The van der Waals surface area contributed by atoms with Gasteiger partial charge in [-0.1, -0.05) is 0 Å². The van der Waals surface area contributed by atoms with Gasteiger partial charge in [0, 0.05) is 33.0 Å². The number of likely N-dealkylation sites (tertiary alicyclic amines) is 1. The molecular formula is C10H14N4O3. The lowest BCUT2D eigenvalue weighted by molar-refractivity contribution is -0.141. The third-order valence-electron chi connectivity index (χ3n) is 2.97. The molecule has 1 fully saturated rings. The lowest BCUT2D eigenvalue weighted by Gasteiger charge is -2.15. The third-order valence-corrected chi connectivity index (χ3v) is 2.97. The highest BCUT2D eigenvalue weighted by molar-refractivity contribution is 5.86. The summed E-state index contributed by atoms with van der Waals surface area (Å²) in [5.74, 6) is -0.780. The molecule has 1 saturated heterocycles. The van der Waals surface area contributed by atoms with E-state index in [0.717, 1.165) is 5.82 Å². The first-order valence-electron chi connectivity index (χ1n) is 5.41. The van der Waals surface area contributed by atoms with Crippen molar-refractivity contribution in [3.8, 4) is 0 Å². The molecular weight excluding hydrogens is 224 g/mol. The van der Waals surface area contributed by atoms with Crippen LogP contribution in [0.5, 0.6) is 0 Å². The van der Waals surface area contributed by atoms with E-state index in [1.165, 1.54) is 0 Å². The molecule has 1 aliphatic heterocycles. The largest absolute Gasteiger partial charge is 0.481 e. The molecule has 0 saturated carbocycles. The third kappa shape index (κ3) is 2.43. The van der Waals surface area contributed by atoms with E-state index in [-0.39, 0.29) is 12.3 Å². The predicted molar refractivity (Wildman–Crippen MR) is 57.0 cm³/mol. The number of amides is 1. The topological polar surface area (TPSA) is 88.3 Å². The van der Waals surface area contributed by atoms with Crippen LogP contribution in [0.25, 0.3) is 0 Å². The van der Waals surface area contributed by atoms with Gasteiger partial charge in [0.15, 0.2) is 0 Å². The minimum Gasteiger partial charge on any atom is -0.481 e. The van der Waals surface area contributed by atoms with Crippen LogP contribution in [0.3, 0.4) is 0 Å². The molecule has 0 aromatic carbocycles. The van der Waals surface area contributed by atoms with E-state index in [0.29, 0.717) is 19.5 Å². The van der Waals surface area contributed by atoms with Crippen molar-refractivity contribution in [1.29, 1.82) is 0 Å². The summed E-state index contributed by atoms with van der Waals surface area (Å²) in [5, 5.41) is 16.5. The quantitative estimate of drug-likeness (QED) is 0.748. The minimum absolute atomic E-state index is 0.0976. The standard InChI is InChI=1S/C10H14N4O3/c1-13-6-11-12-8(13)2-3-14-5-7(10(16)17)4-9(14)15/h6-7H,2-5H2,1H3,(H,16,17). The van der Waals surface area contributed by atoms with E-state index in [1.807, 2.05) is 7.05 Å². The SMILES string of the molecule is Cn1cnnc1CCN1CC(C(=O)O)CC1=O. The number of nitrogens with zero attached hydrogens (tertiary/aromatic N) is 4. The Labute approximate surface area is 98.0 Å². The van der Waals surface area contributed by atoms with Crippen molar-refractivity contribution >= 4 is 11.9 Å². The average Bonchev–Trinajstić information content (AvgIpc) is 2.82. The van der Waals surface area contributed by atoms with Crippen molar-refractivity contribution in [2.24, 2.45) is 13.0 Å². The van der Waals surface area contributed by atoms with Gasteiger partial charge in [-0.3, -0.25) is 9.59 Å². The van der Waals surface area contributed by atoms with Crippen molar-refractivity contribution in [2.45, 2.75) is 12.8 Å². The molecule has 1 aromatic rings. The Morgan fingerprint density at radius 3 is 2.94 bits per heavy atom. The van der Waals surface area contributed by atoms with Crippen LogP contribution in [0.15, 0.2) is 6.33 Å².